The molecule has 0 bridgehead atoms. The van der Waals surface area contributed by atoms with Crippen molar-refractivity contribution in [3.8, 4) is 5.75 Å². The van der Waals surface area contributed by atoms with Crippen molar-refractivity contribution in [2.75, 3.05) is 26.2 Å². The number of piperidine rings is 1. The third-order valence-corrected chi connectivity index (χ3v) is 3.57. The van der Waals surface area contributed by atoms with Crippen molar-refractivity contribution in [1.82, 2.24) is 10.2 Å². The first-order chi connectivity index (χ1) is 9.88. The second-order valence-electron chi connectivity index (χ2n) is 5.26. The van der Waals surface area contributed by atoms with Crippen LogP contribution in [0.25, 0.3) is 0 Å². The summed E-state index contributed by atoms with van der Waals surface area (Å²) in [6.07, 6.45) is 5.56. The van der Waals surface area contributed by atoms with E-state index < -0.39 is 0 Å². The largest absolute Gasteiger partial charge is 0.494 e. The Morgan fingerprint density at radius 2 is 2.05 bits per heavy atom. The molecular formula is C16H25ClN2O2. The third-order valence-electron chi connectivity index (χ3n) is 3.57. The highest BCUT2D eigenvalue weighted by molar-refractivity contribution is 5.85. The molecule has 0 spiro atoms. The SMILES string of the molecule is Cl.O=CNCCCOc1cccc(CN2CCCCC2)c1. The molecule has 0 saturated carbocycles. The van der Waals surface area contributed by atoms with Crippen molar-refractivity contribution in [2.24, 2.45) is 0 Å². The highest BCUT2D eigenvalue weighted by Gasteiger charge is 2.10. The van der Waals surface area contributed by atoms with E-state index in [0.29, 0.717) is 13.2 Å². The average Bonchev–Trinajstić information content (AvgIpc) is 2.48. The first-order valence-electron chi connectivity index (χ1n) is 7.49. The Kier molecular flexibility index (Phi) is 8.87. The van der Waals surface area contributed by atoms with E-state index in [2.05, 4.69) is 28.4 Å². The number of nitrogens with zero attached hydrogens (tertiary/aromatic N) is 1. The predicted molar refractivity (Wildman–Crippen MR) is 87.0 cm³/mol. The molecule has 1 aromatic rings. The zero-order valence-corrected chi connectivity index (χ0v) is 13.2. The third kappa shape index (κ3) is 6.82. The minimum Gasteiger partial charge on any atom is -0.494 e. The van der Waals surface area contributed by atoms with E-state index in [1.54, 1.807) is 0 Å². The summed E-state index contributed by atoms with van der Waals surface area (Å²) in [6, 6.07) is 8.34. The molecule has 21 heavy (non-hydrogen) atoms. The number of hydrogen-bond donors (Lipinski definition) is 1. The van der Waals surface area contributed by atoms with Crippen LogP contribution in [0.15, 0.2) is 24.3 Å². The van der Waals surface area contributed by atoms with Gasteiger partial charge in [-0.25, -0.2) is 0 Å². The van der Waals surface area contributed by atoms with Crippen LogP contribution in [-0.4, -0.2) is 37.6 Å². The lowest BCUT2D eigenvalue weighted by molar-refractivity contribution is -0.109. The van der Waals surface area contributed by atoms with Gasteiger partial charge in [0.25, 0.3) is 0 Å². The maximum atomic E-state index is 10.1. The molecule has 1 aliphatic rings. The van der Waals surface area contributed by atoms with E-state index in [4.69, 9.17) is 4.74 Å². The van der Waals surface area contributed by atoms with Gasteiger partial charge in [-0.1, -0.05) is 18.6 Å². The molecule has 0 aromatic heterocycles. The lowest BCUT2D eigenvalue weighted by atomic mass is 10.1. The highest BCUT2D eigenvalue weighted by atomic mass is 35.5. The quantitative estimate of drug-likeness (QED) is 0.592. The number of benzene rings is 1. The van der Waals surface area contributed by atoms with Crippen molar-refractivity contribution in [3.05, 3.63) is 29.8 Å². The topological polar surface area (TPSA) is 41.6 Å². The minimum atomic E-state index is 0. The molecule has 2 rings (SSSR count). The van der Waals surface area contributed by atoms with Crippen LogP contribution in [0, 0.1) is 0 Å². The molecule has 118 valence electrons. The van der Waals surface area contributed by atoms with Crippen molar-refractivity contribution < 1.29 is 9.53 Å². The van der Waals surface area contributed by atoms with Gasteiger partial charge in [0.05, 0.1) is 6.61 Å². The number of ether oxygens (including phenoxy) is 1. The molecule has 1 N–H and O–H groups in total. The molecule has 1 heterocycles. The molecule has 1 fully saturated rings. The maximum Gasteiger partial charge on any atom is 0.207 e. The van der Waals surface area contributed by atoms with Gasteiger partial charge in [-0.15, -0.1) is 12.4 Å². The second kappa shape index (κ2) is 10.5. The Morgan fingerprint density at radius 3 is 2.81 bits per heavy atom. The number of amides is 1. The number of carbonyl (C=O) groups excluding carboxylic acids is 1. The fourth-order valence-electron chi connectivity index (χ4n) is 2.53. The van der Waals surface area contributed by atoms with E-state index in [9.17, 15) is 4.79 Å². The van der Waals surface area contributed by atoms with Crippen LogP contribution in [0.1, 0.15) is 31.2 Å². The number of carbonyl (C=O) groups is 1. The van der Waals surface area contributed by atoms with E-state index >= 15 is 0 Å². The van der Waals surface area contributed by atoms with Crippen LogP contribution in [0.2, 0.25) is 0 Å². The fraction of sp³-hybridized carbons (Fsp3) is 0.562. The van der Waals surface area contributed by atoms with Crippen LogP contribution >= 0.6 is 12.4 Å². The minimum absolute atomic E-state index is 0. The molecule has 4 nitrogen and oxygen atoms in total. The molecule has 1 aromatic carbocycles. The first kappa shape index (κ1) is 17.8. The Balaban J connectivity index is 0.00000220. The van der Waals surface area contributed by atoms with E-state index in [-0.39, 0.29) is 12.4 Å². The van der Waals surface area contributed by atoms with Gasteiger partial charge in [0.2, 0.25) is 6.41 Å². The zero-order valence-electron chi connectivity index (χ0n) is 12.4. The standard InChI is InChI=1S/C16H24N2O2.ClH/c19-14-17-8-5-11-20-16-7-4-6-15(12-16)13-18-9-2-1-3-10-18;/h4,6-7,12,14H,1-3,5,8-11,13H2,(H,17,19);1H. The number of likely N-dealkylation sites (tertiary alicyclic amines) is 1. The summed E-state index contributed by atoms with van der Waals surface area (Å²) >= 11 is 0. The van der Waals surface area contributed by atoms with Crippen LogP contribution in [-0.2, 0) is 11.3 Å². The van der Waals surface area contributed by atoms with Gasteiger partial charge in [-0.3, -0.25) is 9.69 Å². The number of hydrogen-bond acceptors (Lipinski definition) is 3. The maximum absolute atomic E-state index is 10.1. The van der Waals surface area contributed by atoms with E-state index in [0.717, 1.165) is 25.1 Å². The average molecular weight is 313 g/mol. The summed E-state index contributed by atoms with van der Waals surface area (Å²) in [5.41, 5.74) is 1.32. The monoisotopic (exact) mass is 312 g/mol. The van der Waals surface area contributed by atoms with Crippen molar-refractivity contribution in [1.29, 1.82) is 0 Å². The molecular weight excluding hydrogens is 288 g/mol. The molecule has 0 radical (unpaired) electrons. The molecule has 0 atom stereocenters. The van der Waals surface area contributed by atoms with Crippen LogP contribution in [0.4, 0.5) is 0 Å². The van der Waals surface area contributed by atoms with Gasteiger partial charge in [0.15, 0.2) is 0 Å². The molecule has 0 aliphatic carbocycles. The van der Waals surface area contributed by atoms with Gasteiger partial charge in [0, 0.05) is 13.1 Å². The Labute approximate surface area is 133 Å². The van der Waals surface area contributed by atoms with Crippen molar-refractivity contribution in [3.63, 3.8) is 0 Å². The number of nitrogens with one attached hydrogen (secondary N) is 1. The fourth-order valence-corrected chi connectivity index (χ4v) is 2.53. The number of halogens is 1. The van der Waals surface area contributed by atoms with Crippen LogP contribution < -0.4 is 10.1 Å². The summed E-state index contributed by atoms with van der Waals surface area (Å²) in [5, 5.41) is 2.63. The molecule has 0 unspecified atom stereocenters. The zero-order chi connectivity index (χ0) is 14.0. The van der Waals surface area contributed by atoms with Crippen LogP contribution in [0.3, 0.4) is 0 Å². The summed E-state index contributed by atoms with van der Waals surface area (Å²) in [4.78, 5) is 12.6. The highest BCUT2D eigenvalue weighted by Crippen LogP contribution is 2.17. The first-order valence-corrected chi connectivity index (χ1v) is 7.49. The molecule has 1 saturated heterocycles. The van der Waals surface area contributed by atoms with Gasteiger partial charge >= 0.3 is 0 Å². The van der Waals surface area contributed by atoms with Crippen molar-refractivity contribution >= 4 is 18.8 Å². The molecule has 1 amide bonds. The molecule has 5 heteroatoms. The van der Waals surface area contributed by atoms with Gasteiger partial charge < -0.3 is 10.1 Å². The number of rotatable bonds is 8. The van der Waals surface area contributed by atoms with Gasteiger partial charge in [-0.05, 0) is 50.0 Å². The molecule has 1 aliphatic heterocycles. The summed E-state index contributed by atoms with van der Waals surface area (Å²) in [7, 11) is 0. The van der Waals surface area contributed by atoms with E-state index in [1.807, 2.05) is 6.07 Å². The summed E-state index contributed by atoms with van der Waals surface area (Å²) in [6.45, 7) is 4.74. The lowest BCUT2D eigenvalue weighted by Crippen LogP contribution is -2.29. The van der Waals surface area contributed by atoms with E-state index in [1.165, 1.54) is 37.9 Å². The van der Waals surface area contributed by atoms with Crippen LogP contribution in [0.5, 0.6) is 5.75 Å². The lowest BCUT2D eigenvalue weighted by Gasteiger charge is -2.26. The Morgan fingerprint density at radius 1 is 1.24 bits per heavy atom. The summed E-state index contributed by atoms with van der Waals surface area (Å²) < 4.78 is 5.71. The van der Waals surface area contributed by atoms with Gasteiger partial charge in [0.1, 0.15) is 5.75 Å². The predicted octanol–water partition coefficient (Wildman–Crippen LogP) is 2.61. The van der Waals surface area contributed by atoms with Crippen molar-refractivity contribution in [2.45, 2.75) is 32.2 Å². The second-order valence-corrected chi connectivity index (χ2v) is 5.26. The summed E-state index contributed by atoms with van der Waals surface area (Å²) in [5.74, 6) is 0.922. The smallest absolute Gasteiger partial charge is 0.207 e. The Hall–Kier alpha value is -1.26. The van der Waals surface area contributed by atoms with Gasteiger partial charge in [-0.2, -0.15) is 0 Å². The Bertz CT molecular complexity index is 409. The normalized spacial score (nSPS) is 15.0.